The lowest BCUT2D eigenvalue weighted by atomic mass is 10.2. The lowest BCUT2D eigenvalue weighted by Crippen LogP contribution is -2.17. The average Bonchev–Trinajstić information content (AvgIpc) is 2.55. The van der Waals surface area contributed by atoms with Crippen LogP contribution in [0.2, 0.25) is 0 Å². The Labute approximate surface area is 83.1 Å². The average molecular weight is 182 g/mol. The first-order valence-electron chi connectivity index (χ1n) is 4.59. The van der Waals surface area contributed by atoms with Crippen LogP contribution in [0.1, 0.15) is 0 Å². The van der Waals surface area contributed by atoms with Crippen molar-refractivity contribution in [2.24, 2.45) is 0 Å². The number of rotatable bonds is 0. The van der Waals surface area contributed by atoms with Gasteiger partial charge in [0, 0.05) is 12.4 Å². The van der Waals surface area contributed by atoms with Gasteiger partial charge in [-0.2, -0.15) is 0 Å². The van der Waals surface area contributed by atoms with E-state index in [0.717, 1.165) is 5.82 Å². The third-order valence-electron chi connectivity index (χ3n) is 2.54. The van der Waals surface area contributed by atoms with E-state index >= 15 is 0 Å². The second-order valence-corrected chi connectivity index (χ2v) is 3.33. The molecule has 0 aliphatic carbocycles. The molecule has 0 N–H and O–H groups in total. The van der Waals surface area contributed by atoms with E-state index in [-0.39, 0.29) is 0 Å². The Balaban J connectivity index is 2.19. The number of hydrogen-bond acceptors (Lipinski definition) is 2. The zero-order chi connectivity index (χ0) is 9.54. The van der Waals surface area contributed by atoms with Crippen molar-refractivity contribution in [2.45, 2.75) is 0 Å². The minimum Gasteiger partial charge on any atom is -0.301 e. The van der Waals surface area contributed by atoms with Gasteiger partial charge in [0.25, 0.3) is 0 Å². The second-order valence-electron chi connectivity index (χ2n) is 3.33. The molecule has 0 saturated heterocycles. The van der Waals surface area contributed by atoms with Gasteiger partial charge in [0.1, 0.15) is 5.82 Å². The molecular formula is C12H10N2. The predicted octanol–water partition coefficient (Wildman–Crippen LogP) is 2.45. The van der Waals surface area contributed by atoms with Crippen LogP contribution in [-0.4, -0.2) is 9.80 Å². The molecule has 0 amide bonds. The third-order valence-corrected chi connectivity index (χ3v) is 2.54. The number of nitrogens with zero attached hydrogens (tertiary/aromatic N) is 2. The van der Waals surface area contributed by atoms with Gasteiger partial charge < -0.3 is 9.80 Å². The summed E-state index contributed by atoms with van der Waals surface area (Å²) in [6, 6.07) is 0. The first kappa shape index (κ1) is 7.44. The van der Waals surface area contributed by atoms with Crippen molar-refractivity contribution in [2.75, 3.05) is 0 Å². The monoisotopic (exact) mass is 182 g/mol. The topological polar surface area (TPSA) is 6.48 Å². The molecule has 2 heteroatoms. The lowest BCUT2D eigenvalue weighted by molar-refractivity contribution is 0.488. The molecular weight excluding hydrogens is 172 g/mol. The van der Waals surface area contributed by atoms with Crippen LogP contribution in [0, 0.1) is 0 Å². The molecule has 3 aliphatic rings. The van der Waals surface area contributed by atoms with E-state index in [1.165, 1.54) is 11.4 Å². The van der Waals surface area contributed by atoms with Gasteiger partial charge in [-0.05, 0) is 24.3 Å². The van der Waals surface area contributed by atoms with Crippen molar-refractivity contribution >= 4 is 0 Å². The lowest BCUT2D eigenvalue weighted by Gasteiger charge is -2.21. The summed E-state index contributed by atoms with van der Waals surface area (Å²) in [5, 5.41) is 0. The molecule has 3 aliphatic heterocycles. The number of fused-ring (bicyclic) bond motifs is 2. The van der Waals surface area contributed by atoms with Crippen molar-refractivity contribution in [3.05, 3.63) is 72.7 Å². The Hall–Kier alpha value is -1.96. The Morgan fingerprint density at radius 2 is 1.29 bits per heavy atom. The highest BCUT2D eigenvalue weighted by Gasteiger charge is 2.28. The van der Waals surface area contributed by atoms with Gasteiger partial charge in [0.05, 0.1) is 11.4 Å². The zero-order valence-corrected chi connectivity index (χ0v) is 7.72. The highest BCUT2D eigenvalue weighted by molar-refractivity contribution is 5.48. The van der Waals surface area contributed by atoms with Crippen molar-refractivity contribution in [1.29, 1.82) is 0 Å². The van der Waals surface area contributed by atoms with Crippen molar-refractivity contribution in [1.82, 2.24) is 9.80 Å². The maximum atomic E-state index is 4.06. The largest absolute Gasteiger partial charge is 0.301 e. The van der Waals surface area contributed by atoms with E-state index in [0.29, 0.717) is 0 Å². The van der Waals surface area contributed by atoms with Gasteiger partial charge in [-0.15, -0.1) is 0 Å². The van der Waals surface area contributed by atoms with Crippen LogP contribution in [0.5, 0.6) is 0 Å². The Bertz CT molecular complexity index is 407. The molecule has 0 unspecified atom stereocenters. The predicted molar refractivity (Wildman–Crippen MR) is 56.4 cm³/mol. The summed E-state index contributed by atoms with van der Waals surface area (Å²) < 4.78 is 0. The van der Waals surface area contributed by atoms with Crippen LogP contribution in [-0.2, 0) is 0 Å². The summed E-state index contributed by atoms with van der Waals surface area (Å²) in [6.45, 7) is 4.06. The first-order chi connectivity index (χ1) is 6.88. The highest BCUT2D eigenvalue weighted by Crippen LogP contribution is 2.36. The van der Waals surface area contributed by atoms with Crippen molar-refractivity contribution < 1.29 is 0 Å². The standard InChI is InChI=1S/C12H10N2/c1-10-13-8-4-2-6-11(13)12-7-3-5-9-14(10)12/h2-9H,1H2. The molecule has 0 radical (unpaired) electrons. The van der Waals surface area contributed by atoms with E-state index in [1.54, 1.807) is 0 Å². The maximum absolute atomic E-state index is 4.06. The maximum Gasteiger partial charge on any atom is 0.114 e. The minimum absolute atomic E-state index is 0.983. The minimum atomic E-state index is 0.983. The van der Waals surface area contributed by atoms with Gasteiger partial charge in [0.15, 0.2) is 0 Å². The van der Waals surface area contributed by atoms with Gasteiger partial charge in [0.2, 0.25) is 0 Å². The summed E-state index contributed by atoms with van der Waals surface area (Å²) in [5.41, 5.74) is 2.39. The Morgan fingerprint density at radius 3 is 1.79 bits per heavy atom. The zero-order valence-electron chi connectivity index (χ0n) is 7.72. The summed E-state index contributed by atoms with van der Waals surface area (Å²) in [6.07, 6.45) is 16.4. The molecule has 0 aromatic heterocycles. The van der Waals surface area contributed by atoms with E-state index in [4.69, 9.17) is 0 Å². The van der Waals surface area contributed by atoms with Crippen LogP contribution in [0.4, 0.5) is 0 Å². The summed E-state index contributed by atoms with van der Waals surface area (Å²) in [4.78, 5) is 4.19. The smallest absolute Gasteiger partial charge is 0.114 e. The fraction of sp³-hybridized carbons (Fsp3) is 0. The van der Waals surface area contributed by atoms with Crippen LogP contribution in [0.25, 0.3) is 0 Å². The second kappa shape index (κ2) is 2.51. The molecule has 14 heavy (non-hydrogen) atoms. The van der Waals surface area contributed by atoms with Gasteiger partial charge in [-0.3, -0.25) is 0 Å². The fourth-order valence-electron chi connectivity index (χ4n) is 1.87. The molecule has 0 atom stereocenters. The Kier molecular flexibility index (Phi) is 1.34. The molecule has 0 saturated carbocycles. The fourth-order valence-corrected chi connectivity index (χ4v) is 1.87. The van der Waals surface area contributed by atoms with E-state index in [1.807, 2.05) is 36.7 Å². The number of allylic oxidation sites excluding steroid dienone is 6. The molecule has 0 bridgehead atoms. The molecule has 0 aromatic rings. The molecule has 2 nitrogen and oxygen atoms in total. The number of hydrogen-bond donors (Lipinski definition) is 0. The molecule has 0 spiro atoms. The van der Waals surface area contributed by atoms with Crippen LogP contribution >= 0.6 is 0 Å². The van der Waals surface area contributed by atoms with Crippen molar-refractivity contribution in [3.63, 3.8) is 0 Å². The molecule has 3 rings (SSSR count). The van der Waals surface area contributed by atoms with Gasteiger partial charge >= 0.3 is 0 Å². The van der Waals surface area contributed by atoms with Crippen LogP contribution in [0.3, 0.4) is 0 Å². The van der Waals surface area contributed by atoms with Crippen molar-refractivity contribution in [3.8, 4) is 0 Å². The van der Waals surface area contributed by atoms with E-state index < -0.39 is 0 Å². The van der Waals surface area contributed by atoms with Gasteiger partial charge in [-0.25, -0.2) is 0 Å². The Morgan fingerprint density at radius 1 is 0.786 bits per heavy atom. The summed E-state index contributed by atoms with van der Waals surface area (Å²) >= 11 is 0. The molecule has 3 heterocycles. The SMILES string of the molecule is C=C1N2C=CC=CC2=C2C=CC=CN12. The van der Waals surface area contributed by atoms with E-state index in [9.17, 15) is 0 Å². The third kappa shape index (κ3) is 0.799. The molecule has 68 valence electrons. The highest BCUT2D eigenvalue weighted by atomic mass is 15.4. The summed E-state index contributed by atoms with van der Waals surface area (Å²) in [7, 11) is 0. The van der Waals surface area contributed by atoms with Gasteiger partial charge in [-0.1, -0.05) is 18.7 Å². The molecule has 0 fully saturated rings. The normalized spacial score (nSPS) is 22.1. The van der Waals surface area contributed by atoms with E-state index in [2.05, 4.69) is 28.5 Å². The van der Waals surface area contributed by atoms with Crippen LogP contribution < -0.4 is 0 Å². The quantitative estimate of drug-likeness (QED) is 0.567. The van der Waals surface area contributed by atoms with Crippen LogP contribution in [0.15, 0.2) is 72.7 Å². The summed E-state index contributed by atoms with van der Waals surface area (Å²) in [5.74, 6) is 0.983. The molecule has 0 aromatic carbocycles. The first-order valence-corrected chi connectivity index (χ1v) is 4.59.